The third-order valence-electron chi connectivity index (χ3n) is 1.62. The molecule has 1 aromatic heterocycles. The Morgan fingerprint density at radius 2 is 2.00 bits per heavy atom. The summed E-state index contributed by atoms with van der Waals surface area (Å²) in [6, 6.07) is 1.62. The molecular formula is C8H12F2N2. The van der Waals surface area contributed by atoms with E-state index in [9.17, 15) is 8.78 Å². The minimum atomic E-state index is -2.55. The topological polar surface area (TPSA) is 17.8 Å². The highest BCUT2D eigenvalue weighted by atomic mass is 19.3. The van der Waals surface area contributed by atoms with Crippen molar-refractivity contribution in [1.29, 1.82) is 0 Å². The van der Waals surface area contributed by atoms with E-state index in [0.29, 0.717) is 5.69 Å². The summed E-state index contributed by atoms with van der Waals surface area (Å²) in [5.74, 6) is 0. The van der Waals surface area contributed by atoms with Gasteiger partial charge < -0.3 is 0 Å². The zero-order chi connectivity index (χ0) is 9.35. The summed E-state index contributed by atoms with van der Waals surface area (Å²) in [4.78, 5) is 0. The van der Waals surface area contributed by atoms with E-state index in [0.717, 1.165) is 4.68 Å². The molecule has 2 nitrogen and oxygen atoms in total. The summed E-state index contributed by atoms with van der Waals surface area (Å²) in [6.45, 7) is 3.09. The van der Waals surface area contributed by atoms with Crippen LogP contribution in [0.15, 0.2) is 12.3 Å². The second-order valence-electron chi connectivity index (χ2n) is 3.69. The number of aromatic nitrogens is 2. The lowest BCUT2D eigenvalue weighted by Crippen LogP contribution is -2.18. The van der Waals surface area contributed by atoms with E-state index < -0.39 is 6.55 Å². The zero-order valence-electron chi connectivity index (χ0n) is 7.38. The van der Waals surface area contributed by atoms with Crippen LogP contribution in [-0.4, -0.2) is 9.78 Å². The predicted molar refractivity (Wildman–Crippen MR) is 42.2 cm³/mol. The number of nitrogens with zero attached hydrogens (tertiary/aromatic N) is 2. The average molecular weight is 174 g/mol. The highest BCUT2D eigenvalue weighted by Gasteiger charge is 2.22. The van der Waals surface area contributed by atoms with E-state index in [1.54, 1.807) is 6.07 Å². The van der Waals surface area contributed by atoms with Crippen LogP contribution in [0.3, 0.4) is 0 Å². The van der Waals surface area contributed by atoms with Crippen LogP contribution in [0.5, 0.6) is 0 Å². The predicted octanol–water partition coefficient (Wildman–Crippen LogP) is 2.58. The first-order valence-corrected chi connectivity index (χ1v) is 3.75. The Morgan fingerprint density at radius 1 is 1.42 bits per heavy atom. The highest BCUT2D eigenvalue weighted by Crippen LogP contribution is 2.24. The normalized spacial score (nSPS) is 12.5. The summed E-state index contributed by atoms with van der Waals surface area (Å²) in [5.41, 5.74) is 0.268. The lowest BCUT2D eigenvalue weighted by Gasteiger charge is -2.19. The molecule has 0 aliphatic heterocycles. The summed E-state index contributed by atoms with van der Waals surface area (Å²) in [6.07, 6.45) is 1.40. The maximum atomic E-state index is 12.3. The van der Waals surface area contributed by atoms with Crippen molar-refractivity contribution in [1.82, 2.24) is 9.78 Å². The number of hydrogen-bond donors (Lipinski definition) is 0. The number of hydrogen-bond acceptors (Lipinski definition) is 1. The fourth-order valence-corrected chi connectivity index (χ4v) is 1.06. The van der Waals surface area contributed by atoms with Crippen LogP contribution in [0.1, 0.15) is 33.0 Å². The Labute approximate surface area is 70.2 Å². The smallest absolute Gasteiger partial charge is 0.208 e. The van der Waals surface area contributed by atoms with Crippen molar-refractivity contribution in [2.24, 2.45) is 0 Å². The van der Waals surface area contributed by atoms with Crippen LogP contribution in [0.25, 0.3) is 0 Å². The highest BCUT2D eigenvalue weighted by molar-refractivity contribution is 5.11. The molecule has 1 aromatic rings. The van der Waals surface area contributed by atoms with E-state index in [-0.39, 0.29) is 5.41 Å². The molecular weight excluding hydrogens is 162 g/mol. The lowest BCUT2D eigenvalue weighted by atomic mass is 9.92. The van der Waals surface area contributed by atoms with Gasteiger partial charge in [-0.05, 0) is 6.07 Å². The molecule has 0 radical (unpaired) electrons. The molecule has 12 heavy (non-hydrogen) atoms. The molecule has 0 bridgehead atoms. The van der Waals surface area contributed by atoms with Crippen LogP contribution in [0.2, 0.25) is 0 Å². The molecule has 0 unspecified atom stereocenters. The molecule has 0 amide bonds. The fourth-order valence-electron chi connectivity index (χ4n) is 1.06. The molecule has 0 aromatic carbocycles. The SMILES string of the molecule is CC(C)(C)c1ccnn1C(F)F. The van der Waals surface area contributed by atoms with Crippen LogP contribution < -0.4 is 0 Å². The van der Waals surface area contributed by atoms with Gasteiger partial charge in [0.15, 0.2) is 0 Å². The Kier molecular flexibility index (Phi) is 2.17. The monoisotopic (exact) mass is 174 g/mol. The van der Waals surface area contributed by atoms with Gasteiger partial charge in [0.2, 0.25) is 0 Å². The van der Waals surface area contributed by atoms with E-state index in [4.69, 9.17) is 0 Å². The van der Waals surface area contributed by atoms with Gasteiger partial charge in [-0.2, -0.15) is 13.9 Å². The second-order valence-corrected chi connectivity index (χ2v) is 3.69. The van der Waals surface area contributed by atoms with Gasteiger partial charge in [0.25, 0.3) is 0 Å². The van der Waals surface area contributed by atoms with E-state index in [1.807, 2.05) is 20.8 Å². The quantitative estimate of drug-likeness (QED) is 0.639. The maximum absolute atomic E-state index is 12.3. The molecule has 1 heterocycles. The van der Waals surface area contributed by atoms with Gasteiger partial charge in [0.1, 0.15) is 0 Å². The number of halogens is 2. The van der Waals surface area contributed by atoms with Crippen molar-refractivity contribution in [3.05, 3.63) is 18.0 Å². The fraction of sp³-hybridized carbons (Fsp3) is 0.625. The van der Waals surface area contributed by atoms with Gasteiger partial charge in [-0.1, -0.05) is 20.8 Å². The van der Waals surface area contributed by atoms with E-state index >= 15 is 0 Å². The Hall–Kier alpha value is -0.930. The third kappa shape index (κ3) is 1.62. The first-order valence-electron chi connectivity index (χ1n) is 3.75. The Bertz CT molecular complexity index is 260. The van der Waals surface area contributed by atoms with Crippen LogP contribution >= 0.6 is 0 Å². The molecule has 0 fully saturated rings. The molecule has 0 saturated carbocycles. The van der Waals surface area contributed by atoms with Crippen molar-refractivity contribution >= 4 is 0 Å². The van der Waals surface area contributed by atoms with Gasteiger partial charge in [-0.15, -0.1) is 0 Å². The molecule has 0 aliphatic rings. The van der Waals surface area contributed by atoms with Crippen molar-refractivity contribution in [3.8, 4) is 0 Å². The van der Waals surface area contributed by atoms with Gasteiger partial charge in [-0.25, -0.2) is 4.68 Å². The minimum absolute atomic E-state index is 0.285. The molecule has 0 aliphatic carbocycles. The van der Waals surface area contributed by atoms with Crippen molar-refractivity contribution in [2.75, 3.05) is 0 Å². The van der Waals surface area contributed by atoms with Crippen molar-refractivity contribution < 1.29 is 8.78 Å². The lowest BCUT2D eigenvalue weighted by molar-refractivity contribution is 0.0504. The Balaban J connectivity index is 3.08. The van der Waals surface area contributed by atoms with Gasteiger partial charge in [0, 0.05) is 17.3 Å². The number of rotatable bonds is 1. The van der Waals surface area contributed by atoms with Crippen LogP contribution in [0.4, 0.5) is 8.78 Å². The second kappa shape index (κ2) is 2.84. The van der Waals surface area contributed by atoms with Crippen LogP contribution in [-0.2, 0) is 5.41 Å². The summed E-state index contributed by atoms with van der Waals surface area (Å²) in [5, 5.41) is 3.55. The van der Waals surface area contributed by atoms with Gasteiger partial charge in [-0.3, -0.25) is 0 Å². The standard InChI is InChI=1S/C8H12F2N2/c1-8(2,3)6-4-5-11-12(6)7(9)10/h4-5,7H,1-3H3. The molecule has 68 valence electrons. The van der Waals surface area contributed by atoms with E-state index in [1.165, 1.54) is 6.20 Å². The molecule has 4 heteroatoms. The molecule has 0 N–H and O–H groups in total. The van der Waals surface area contributed by atoms with Crippen LogP contribution in [0, 0.1) is 0 Å². The average Bonchev–Trinajstić information content (AvgIpc) is 2.30. The summed E-state index contributed by atoms with van der Waals surface area (Å²) < 4.78 is 25.3. The zero-order valence-corrected chi connectivity index (χ0v) is 7.38. The largest absolute Gasteiger partial charge is 0.333 e. The summed E-state index contributed by atoms with van der Waals surface area (Å²) >= 11 is 0. The molecule has 0 saturated heterocycles. The van der Waals surface area contributed by atoms with Gasteiger partial charge in [0.05, 0.1) is 0 Å². The minimum Gasteiger partial charge on any atom is -0.208 e. The first-order chi connectivity index (χ1) is 5.43. The van der Waals surface area contributed by atoms with Gasteiger partial charge >= 0.3 is 6.55 Å². The third-order valence-corrected chi connectivity index (χ3v) is 1.62. The van der Waals surface area contributed by atoms with E-state index in [2.05, 4.69) is 5.10 Å². The summed E-state index contributed by atoms with van der Waals surface area (Å²) in [7, 11) is 0. The molecule has 0 atom stereocenters. The maximum Gasteiger partial charge on any atom is 0.333 e. The van der Waals surface area contributed by atoms with Crippen molar-refractivity contribution in [2.45, 2.75) is 32.7 Å². The molecule has 1 rings (SSSR count). The van der Waals surface area contributed by atoms with Crippen molar-refractivity contribution in [3.63, 3.8) is 0 Å². The first kappa shape index (κ1) is 9.16. The Morgan fingerprint density at radius 3 is 2.33 bits per heavy atom. The molecule has 0 spiro atoms. The number of alkyl halides is 2.